The van der Waals surface area contributed by atoms with Crippen LogP contribution in [0, 0.1) is 0 Å². The number of piperazine rings is 1. The van der Waals surface area contributed by atoms with E-state index in [9.17, 15) is 31.1 Å². The van der Waals surface area contributed by atoms with Crippen molar-refractivity contribution < 1.29 is 36.0 Å². The lowest BCUT2D eigenvalue weighted by atomic mass is 9.98. The van der Waals surface area contributed by atoms with Crippen LogP contribution in [0.25, 0.3) is 10.9 Å². The van der Waals surface area contributed by atoms with E-state index in [1.165, 1.54) is 4.90 Å². The van der Waals surface area contributed by atoms with Gasteiger partial charge in [0.05, 0.1) is 16.8 Å². The number of rotatable bonds is 9. The molecule has 222 valence electrons. The molecule has 3 aromatic rings. The van der Waals surface area contributed by atoms with E-state index in [2.05, 4.69) is 15.5 Å². The topological polar surface area (TPSA) is 73.0 Å². The molecule has 1 aliphatic heterocycles. The van der Waals surface area contributed by atoms with Crippen molar-refractivity contribution in [3.05, 3.63) is 70.9 Å². The number of fused-ring (bicyclic) bond motifs is 1. The number of hydrogen-bond donors (Lipinski definition) is 2. The molecule has 2 aromatic carbocycles. The molecular weight excluding hydrogens is 552 g/mol. The fourth-order valence-corrected chi connectivity index (χ4v) is 4.96. The Morgan fingerprint density at radius 1 is 1.07 bits per heavy atom. The third kappa shape index (κ3) is 7.59. The molecule has 2 heterocycles. The number of carbonyl (C=O) groups excluding carboxylic acids is 1. The van der Waals surface area contributed by atoms with E-state index in [1.807, 2.05) is 29.2 Å². The van der Waals surface area contributed by atoms with Crippen LogP contribution in [-0.2, 0) is 23.6 Å². The predicted octanol–water partition coefficient (Wildman–Crippen LogP) is 5.19. The third-order valence-electron chi connectivity index (χ3n) is 6.91. The SMILES string of the molecule is CNCCO/N=C(\C)CN1CCN(C(=O)c2cc(C(F)(F)F)cc(C(F)(F)F)c2)C(Cc2c[nH]c3ccccc23)C1. The van der Waals surface area contributed by atoms with Crippen LogP contribution < -0.4 is 5.32 Å². The van der Waals surface area contributed by atoms with Crippen LogP contribution >= 0.6 is 0 Å². The molecule has 2 N–H and O–H groups in total. The lowest BCUT2D eigenvalue weighted by molar-refractivity contribution is -0.143. The minimum Gasteiger partial charge on any atom is -0.394 e. The van der Waals surface area contributed by atoms with Gasteiger partial charge in [0.1, 0.15) is 6.61 Å². The average Bonchev–Trinajstić information content (AvgIpc) is 3.32. The standard InChI is InChI=1S/C28H31F6N5O2/c1-18(37-41-10-7-35-2)16-38-8-9-39(23(17-38)13-20-15-36-25-6-4-3-5-24(20)25)26(40)19-11-21(27(29,30)31)14-22(12-19)28(32,33)34/h3-6,11-12,14-15,23,35-36H,7-10,13,16-17H2,1-2H3/b37-18+. The molecule has 0 spiro atoms. The lowest BCUT2D eigenvalue weighted by Gasteiger charge is -2.41. The molecule has 4 rings (SSSR count). The van der Waals surface area contributed by atoms with Crippen LogP contribution in [0.15, 0.2) is 53.8 Å². The van der Waals surface area contributed by atoms with Crippen LogP contribution in [0.1, 0.15) is 34.0 Å². The van der Waals surface area contributed by atoms with Crippen molar-refractivity contribution >= 4 is 22.5 Å². The first-order valence-electron chi connectivity index (χ1n) is 13.0. The Labute approximate surface area is 233 Å². The van der Waals surface area contributed by atoms with Crippen molar-refractivity contribution in [2.24, 2.45) is 5.16 Å². The van der Waals surface area contributed by atoms with Gasteiger partial charge in [0, 0.05) is 61.4 Å². The number of carbonyl (C=O) groups is 1. The van der Waals surface area contributed by atoms with Gasteiger partial charge in [-0.25, -0.2) is 0 Å². The highest BCUT2D eigenvalue weighted by Crippen LogP contribution is 2.37. The molecule has 0 radical (unpaired) electrons. The minimum atomic E-state index is -5.05. The molecule has 1 aliphatic rings. The highest BCUT2D eigenvalue weighted by atomic mass is 19.4. The number of oxime groups is 1. The molecule has 41 heavy (non-hydrogen) atoms. The highest BCUT2D eigenvalue weighted by Gasteiger charge is 2.39. The first-order chi connectivity index (χ1) is 19.4. The fraction of sp³-hybridized carbons (Fsp3) is 0.429. The number of nitrogens with zero attached hydrogens (tertiary/aromatic N) is 3. The summed E-state index contributed by atoms with van der Waals surface area (Å²) in [5.41, 5.74) is -1.24. The summed E-state index contributed by atoms with van der Waals surface area (Å²) in [6.45, 7) is 4.02. The van der Waals surface area contributed by atoms with E-state index in [0.717, 1.165) is 16.5 Å². The molecule has 1 atom stereocenters. The first kappa shape index (κ1) is 30.4. The summed E-state index contributed by atoms with van der Waals surface area (Å²) in [6, 6.07) is 8.02. The summed E-state index contributed by atoms with van der Waals surface area (Å²) in [5, 5.41) is 7.97. The summed E-state index contributed by atoms with van der Waals surface area (Å²) in [6.07, 6.45) is -7.96. The van der Waals surface area contributed by atoms with E-state index in [0.29, 0.717) is 57.1 Å². The van der Waals surface area contributed by atoms with Gasteiger partial charge in [-0.1, -0.05) is 23.4 Å². The van der Waals surface area contributed by atoms with Gasteiger partial charge in [-0.2, -0.15) is 26.3 Å². The van der Waals surface area contributed by atoms with Gasteiger partial charge in [0.15, 0.2) is 0 Å². The summed E-state index contributed by atoms with van der Waals surface area (Å²) >= 11 is 0. The number of alkyl halides is 6. The van der Waals surface area contributed by atoms with Crippen molar-refractivity contribution in [2.75, 3.05) is 46.4 Å². The number of halogens is 6. The number of benzene rings is 2. The Bertz CT molecular complexity index is 1350. The zero-order valence-corrected chi connectivity index (χ0v) is 22.6. The van der Waals surface area contributed by atoms with E-state index >= 15 is 0 Å². The van der Waals surface area contributed by atoms with Crippen molar-refractivity contribution in [1.82, 2.24) is 20.1 Å². The summed E-state index contributed by atoms with van der Waals surface area (Å²) in [7, 11) is 1.79. The minimum absolute atomic E-state index is 0.0267. The average molecular weight is 584 g/mol. The van der Waals surface area contributed by atoms with Crippen molar-refractivity contribution in [3.63, 3.8) is 0 Å². The Morgan fingerprint density at radius 3 is 2.41 bits per heavy atom. The molecule has 0 saturated carbocycles. The van der Waals surface area contributed by atoms with E-state index in [-0.39, 0.29) is 12.6 Å². The Balaban J connectivity index is 1.63. The van der Waals surface area contributed by atoms with Crippen LogP contribution in [0.3, 0.4) is 0 Å². The zero-order valence-electron chi connectivity index (χ0n) is 22.6. The van der Waals surface area contributed by atoms with Gasteiger partial charge in [-0.3, -0.25) is 9.69 Å². The monoisotopic (exact) mass is 583 g/mol. The normalized spacial score (nSPS) is 17.3. The second-order valence-corrected chi connectivity index (χ2v) is 10.0. The van der Waals surface area contributed by atoms with Gasteiger partial charge >= 0.3 is 12.4 Å². The zero-order chi connectivity index (χ0) is 29.8. The molecule has 1 saturated heterocycles. The van der Waals surface area contributed by atoms with Crippen LogP contribution in [0.4, 0.5) is 26.3 Å². The fourth-order valence-electron chi connectivity index (χ4n) is 4.96. The van der Waals surface area contributed by atoms with E-state index in [4.69, 9.17) is 4.84 Å². The van der Waals surface area contributed by atoms with Gasteiger partial charge in [0.25, 0.3) is 5.91 Å². The third-order valence-corrected chi connectivity index (χ3v) is 6.91. The van der Waals surface area contributed by atoms with Crippen molar-refractivity contribution in [3.8, 4) is 0 Å². The van der Waals surface area contributed by atoms with Crippen molar-refractivity contribution in [1.29, 1.82) is 0 Å². The Hall–Kier alpha value is -3.58. The van der Waals surface area contributed by atoms with Gasteiger partial charge in [-0.05, 0) is 50.2 Å². The first-order valence-corrected chi connectivity index (χ1v) is 13.0. The number of nitrogens with one attached hydrogen (secondary N) is 2. The summed E-state index contributed by atoms with van der Waals surface area (Å²) < 4.78 is 81.0. The number of aromatic nitrogens is 1. The molecule has 0 bridgehead atoms. The van der Waals surface area contributed by atoms with Gasteiger partial charge < -0.3 is 20.0 Å². The van der Waals surface area contributed by atoms with Crippen LogP contribution in [0.5, 0.6) is 0 Å². The quantitative estimate of drug-likeness (QED) is 0.158. The number of amides is 1. The largest absolute Gasteiger partial charge is 0.416 e. The molecular formula is C28H31F6N5O2. The lowest BCUT2D eigenvalue weighted by Crippen LogP contribution is -2.56. The Kier molecular flexibility index (Phi) is 9.27. The number of hydrogen-bond acceptors (Lipinski definition) is 5. The van der Waals surface area contributed by atoms with E-state index < -0.39 is 41.0 Å². The molecule has 13 heteroatoms. The second kappa shape index (κ2) is 12.5. The van der Waals surface area contributed by atoms with Crippen LogP contribution in [0.2, 0.25) is 0 Å². The van der Waals surface area contributed by atoms with Crippen LogP contribution in [-0.4, -0.2) is 78.8 Å². The number of H-pyrrole nitrogens is 1. The summed E-state index contributed by atoms with van der Waals surface area (Å²) in [4.78, 5) is 25.5. The number of aromatic amines is 1. The maximum atomic E-state index is 13.6. The van der Waals surface area contributed by atoms with Gasteiger partial charge in [-0.15, -0.1) is 0 Å². The second-order valence-electron chi connectivity index (χ2n) is 10.0. The number of para-hydroxylation sites is 1. The van der Waals surface area contributed by atoms with Crippen molar-refractivity contribution in [2.45, 2.75) is 31.7 Å². The Morgan fingerprint density at radius 2 is 1.76 bits per heavy atom. The highest BCUT2D eigenvalue weighted by molar-refractivity contribution is 5.95. The predicted molar refractivity (Wildman–Crippen MR) is 143 cm³/mol. The van der Waals surface area contributed by atoms with Gasteiger partial charge in [0.2, 0.25) is 0 Å². The smallest absolute Gasteiger partial charge is 0.394 e. The molecule has 0 aliphatic carbocycles. The molecule has 7 nitrogen and oxygen atoms in total. The molecule has 1 aromatic heterocycles. The molecule has 1 amide bonds. The maximum Gasteiger partial charge on any atom is 0.416 e. The van der Waals surface area contributed by atoms with E-state index in [1.54, 1.807) is 20.2 Å². The molecule has 1 fully saturated rings. The maximum absolute atomic E-state index is 13.6. The number of likely N-dealkylation sites (N-methyl/N-ethyl adjacent to an activating group) is 1. The summed E-state index contributed by atoms with van der Waals surface area (Å²) in [5.74, 6) is -0.883. The molecule has 1 unspecified atom stereocenters.